The zero-order valence-electron chi connectivity index (χ0n) is 15.0. The second-order valence-corrected chi connectivity index (χ2v) is 6.89. The minimum atomic E-state index is -0.914. The van der Waals surface area contributed by atoms with Gasteiger partial charge in [0.15, 0.2) is 0 Å². The highest BCUT2D eigenvalue weighted by Gasteiger charge is 2.25. The van der Waals surface area contributed by atoms with Crippen LogP contribution < -0.4 is 16.4 Å². The summed E-state index contributed by atoms with van der Waals surface area (Å²) in [6, 6.07) is 2.77. The molecule has 0 fully saturated rings. The van der Waals surface area contributed by atoms with Crippen LogP contribution >= 0.6 is 0 Å². The van der Waals surface area contributed by atoms with Gasteiger partial charge >= 0.3 is 0 Å². The molecule has 0 heterocycles. The number of hydrogen-bond donors (Lipinski definition) is 3. The normalized spacial score (nSPS) is 13.4. The lowest BCUT2D eigenvalue weighted by atomic mass is 9.90. The number of nitrogens with one attached hydrogen (secondary N) is 2. The Kier molecular flexibility index (Phi) is 7.96. The van der Waals surface area contributed by atoms with E-state index in [0.717, 1.165) is 18.6 Å². The third kappa shape index (κ3) is 7.17. The third-order valence-corrected chi connectivity index (χ3v) is 3.79. The number of halogens is 2. The molecule has 0 bridgehead atoms. The van der Waals surface area contributed by atoms with Gasteiger partial charge in [0, 0.05) is 31.1 Å². The van der Waals surface area contributed by atoms with Crippen molar-refractivity contribution in [3.05, 3.63) is 35.4 Å². The first kappa shape index (κ1) is 21.0. The molecule has 0 saturated heterocycles. The van der Waals surface area contributed by atoms with Crippen LogP contribution in [0.4, 0.5) is 8.78 Å². The highest BCUT2D eigenvalue weighted by molar-refractivity contribution is 5.94. The SMILES string of the molecule is CC(C)CC(C)(CN)NC(=O)CCCNC(=O)c1ccc(F)cc1F. The maximum absolute atomic E-state index is 13.5. The van der Waals surface area contributed by atoms with Gasteiger partial charge in [-0.15, -0.1) is 0 Å². The van der Waals surface area contributed by atoms with Gasteiger partial charge in [0.25, 0.3) is 5.91 Å². The summed E-state index contributed by atoms with van der Waals surface area (Å²) in [5, 5.41) is 5.45. The van der Waals surface area contributed by atoms with Crippen LogP contribution in [0, 0.1) is 17.6 Å². The molecule has 0 radical (unpaired) electrons. The number of rotatable bonds is 9. The summed E-state index contributed by atoms with van der Waals surface area (Å²) in [6.07, 6.45) is 1.40. The lowest BCUT2D eigenvalue weighted by Crippen LogP contribution is -2.52. The maximum Gasteiger partial charge on any atom is 0.254 e. The third-order valence-electron chi connectivity index (χ3n) is 3.79. The van der Waals surface area contributed by atoms with Crippen LogP contribution in [0.25, 0.3) is 0 Å². The van der Waals surface area contributed by atoms with Crippen LogP contribution in [-0.4, -0.2) is 30.4 Å². The lowest BCUT2D eigenvalue weighted by molar-refractivity contribution is -0.123. The molecule has 0 saturated carbocycles. The van der Waals surface area contributed by atoms with Gasteiger partial charge in [0.2, 0.25) is 5.91 Å². The number of carbonyl (C=O) groups is 2. The summed E-state index contributed by atoms with van der Waals surface area (Å²) >= 11 is 0. The van der Waals surface area contributed by atoms with E-state index in [0.29, 0.717) is 24.9 Å². The fraction of sp³-hybridized carbons (Fsp3) is 0.556. The summed E-state index contributed by atoms with van der Waals surface area (Å²) in [6.45, 7) is 6.59. The zero-order valence-corrected chi connectivity index (χ0v) is 15.0. The molecule has 0 aliphatic rings. The Hall–Kier alpha value is -2.02. The van der Waals surface area contributed by atoms with Crippen molar-refractivity contribution in [3.63, 3.8) is 0 Å². The Balaban J connectivity index is 2.39. The topological polar surface area (TPSA) is 84.2 Å². The molecule has 1 unspecified atom stereocenters. The van der Waals surface area contributed by atoms with Crippen molar-refractivity contribution in [3.8, 4) is 0 Å². The predicted molar refractivity (Wildman–Crippen MR) is 93.0 cm³/mol. The van der Waals surface area contributed by atoms with Crippen LogP contribution in [0.5, 0.6) is 0 Å². The summed E-state index contributed by atoms with van der Waals surface area (Å²) in [5.41, 5.74) is 5.08. The lowest BCUT2D eigenvalue weighted by Gasteiger charge is -2.31. The van der Waals surface area contributed by atoms with E-state index < -0.39 is 23.1 Å². The molecular weight excluding hydrogens is 328 g/mol. The predicted octanol–water partition coefficient (Wildman–Crippen LogP) is 2.35. The summed E-state index contributed by atoms with van der Waals surface area (Å²) < 4.78 is 26.3. The van der Waals surface area contributed by atoms with Crippen molar-refractivity contribution < 1.29 is 18.4 Å². The molecule has 1 aromatic rings. The first-order valence-electron chi connectivity index (χ1n) is 8.41. The van der Waals surface area contributed by atoms with Crippen molar-refractivity contribution >= 4 is 11.8 Å². The fourth-order valence-corrected chi connectivity index (χ4v) is 2.71. The highest BCUT2D eigenvalue weighted by atomic mass is 19.1. The van der Waals surface area contributed by atoms with E-state index in [4.69, 9.17) is 5.73 Å². The quantitative estimate of drug-likeness (QED) is 0.595. The first-order valence-corrected chi connectivity index (χ1v) is 8.41. The Labute approximate surface area is 147 Å². The van der Waals surface area contributed by atoms with Gasteiger partial charge in [0.1, 0.15) is 11.6 Å². The van der Waals surface area contributed by atoms with E-state index in [9.17, 15) is 18.4 Å². The van der Waals surface area contributed by atoms with Gasteiger partial charge in [0.05, 0.1) is 5.56 Å². The van der Waals surface area contributed by atoms with Crippen molar-refractivity contribution in [2.24, 2.45) is 11.7 Å². The molecule has 1 aromatic carbocycles. The van der Waals surface area contributed by atoms with E-state index in [1.54, 1.807) is 0 Å². The van der Waals surface area contributed by atoms with E-state index in [1.165, 1.54) is 0 Å². The smallest absolute Gasteiger partial charge is 0.254 e. The maximum atomic E-state index is 13.5. The molecule has 25 heavy (non-hydrogen) atoms. The monoisotopic (exact) mass is 355 g/mol. The average Bonchev–Trinajstić information content (AvgIpc) is 2.50. The molecule has 4 N–H and O–H groups in total. The Bertz CT molecular complexity index is 608. The molecule has 140 valence electrons. The molecule has 1 atom stereocenters. The molecule has 0 aromatic heterocycles. The van der Waals surface area contributed by atoms with Crippen molar-refractivity contribution in [2.45, 2.75) is 45.6 Å². The second-order valence-electron chi connectivity index (χ2n) is 6.89. The summed E-state index contributed by atoms with van der Waals surface area (Å²) in [5.74, 6) is -2.03. The van der Waals surface area contributed by atoms with Crippen LogP contribution in [0.2, 0.25) is 0 Å². The van der Waals surface area contributed by atoms with Gasteiger partial charge < -0.3 is 16.4 Å². The van der Waals surface area contributed by atoms with E-state index in [-0.39, 0.29) is 24.4 Å². The van der Waals surface area contributed by atoms with E-state index in [2.05, 4.69) is 24.5 Å². The molecule has 5 nitrogen and oxygen atoms in total. The largest absolute Gasteiger partial charge is 0.352 e. The fourth-order valence-electron chi connectivity index (χ4n) is 2.71. The van der Waals surface area contributed by atoms with Crippen LogP contribution in [-0.2, 0) is 4.79 Å². The molecule has 1 rings (SSSR count). The van der Waals surface area contributed by atoms with Crippen molar-refractivity contribution in [1.29, 1.82) is 0 Å². The van der Waals surface area contributed by atoms with Gasteiger partial charge in [-0.25, -0.2) is 8.78 Å². The van der Waals surface area contributed by atoms with Gasteiger partial charge in [-0.05, 0) is 37.8 Å². The number of amides is 2. The van der Waals surface area contributed by atoms with E-state index >= 15 is 0 Å². The second kappa shape index (κ2) is 9.46. The summed E-state index contributed by atoms with van der Waals surface area (Å²) in [4.78, 5) is 23.9. The molecule has 0 spiro atoms. The number of carbonyl (C=O) groups excluding carboxylic acids is 2. The summed E-state index contributed by atoms with van der Waals surface area (Å²) in [7, 11) is 0. The molecule has 2 amide bonds. The van der Waals surface area contributed by atoms with Gasteiger partial charge in [-0.3, -0.25) is 9.59 Å². The van der Waals surface area contributed by atoms with Crippen LogP contribution in [0.1, 0.15) is 50.4 Å². The van der Waals surface area contributed by atoms with E-state index in [1.807, 2.05) is 6.92 Å². The van der Waals surface area contributed by atoms with Crippen LogP contribution in [0.15, 0.2) is 18.2 Å². The number of nitrogens with two attached hydrogens (primary N) is 1. The van der Waals surface area contributed by atoms with Crippen molar-refractivity contribution in [1.82, 2.24) is 10.6 Å². The minimum absolute atomic E-state index is 0.143. The first-order chi connectivity index (χ1) is 11.7. The molecular formula is C18H27F2N3O2. The Morgan fingerprint density at radius 1 is 1.28 bits per heavy atom. The highest BCUT2D eigenvalue weighted by Crippen LogP contribution is 2.15. The number of benzene rings is 1. The molecule has 7 heteroatoms. The molecule has 0 aliphatic heterocycles. The Morgan fingerprint density at radius 3 is 2.52 bits per heavy atom. The van der Waals surface area contributed by atoms with Gasteiger partial charge in [-0.2, -0.15) is 0 Å². The number of hydrogen-bond acceptors (Lipinski definition) is 3. The molecule has 0 aliphatic carbocycles. The Morgan fingerprint density at radius 2 is 1.96 bits per heavy atom. The average molecular weight is 355 g/mol. The van der Waals surface area contributed by atoms with Gasteiger partial charge in [-0.1, -0.05) is 13.8 Å². The van der Waals surface area contributed by atoms with Crippen molar-refractivity contribution in [2.75, 3.05) is 13.1 Å². The zero-order chi connectivity index (χ0) is 19.0. The standard InChI is InChI=1S/C18H27F2N3O2/c1-12(2)10-18(3,11-21)23-16(24)5-4-8-22-17(25)14-7-6-13(19)9-15(14)20/h6-7,9,12H,4-5,8,10-11,21H2,1-3H3,(H,22,25)(H,23,24). The van der Waals surface area contributed by atoms with Crippen LogP contribution in [0.3, 0.4) is 0 Å². The minimum Gasteiger partial charge on any atom is -0.352 e.